The van der Waals surface area contributed by atoms with Crippen molar-refractivity contribution in [3.8, 4) is 0 Å². The molecule has 1 aliphatic rings. The van der Waals surface area contributed by atoms with Crippen LogP contribution in [0.2, 0.25) is 5.15 Å². The number of aromatic nitrogens is 2. The fourth-order valence-corrected chi connectivity index (χ4v) is 1.67. The van der Waals surface area contributed by atoms with Crippen LogP contribution in [0.5, 0.6) is 0 Å². The molecule has 4 nitrogen and oxygen atoms in total. The van der Waals surface area contributed by atoms with Gasteiger partial charge in [-0.05, 0) is 12.1 Å². The highest BCUT2D eigenvalue weighted by atomic mass is 35.5. The fraction of sp³-hybridized carbons (Fsp3) is 0.300. The highest BCUT2D eigenvalue weighted by Crippen LogP contribution is 2.23. The Morgan fingerprint density at radius 2 is 2.33 bits per heavy atom. The lowest BCUT2D eigenvalue weighted by atomic mass is 10.1. The third-order valence-electron chi connectivity index (χ3n) is 2.38. The molecule has 78 valence electrons. The van der Waals surface area contributed by atoms with Gasteiger partial charge in [0.25, 0.3) is 0 Å². The van der Waals surface area contributed by atoms with Gasteiger partial charge in [0.05, 0.1) is 0 Å². The first kappa shape index (κ1) is 10.1. The van der Waals surface area contributed by atoms with E-state index in [2.05, 4.69) is 16.8 Å². The molecule has 0 bridgehead atoms. The van der Waals surface area contributed by atoms with E-state index >= 15 is 0 Å². The van der Waals surface area contributed by atoms with Gasteiger partial charge in [-0.25, -0.2) is 0 Å². The predicted molar refractivity (Wildman–Crippen MR) is 57.7 cm³/mol. The Morgan fingerprint density at radius 1 is 1.53 bits per heavy atom. The number of hydrogen-bond donors (Lipinski definition) is 0. The van der Waals surface area contributed by atoms with E-state index in [1.54, 1.807) is 23.1 Å². The Morgan fingerprint density at radius 3 is 2.87 bits per heavy atom. The summed E-state index contributed by atoms with van der Waals surface area (Å²) >= 11 is 5.62. The molecule has 1 aromatic heterocycles. The number of anilines is 1. The number of carbonyl (C=O) groups is 1. The first-order valence-corrected chi connectivity index (χ1v) is 5.00. The van der Waals surface area contributed by atoms with E-state index in [1.807, 2.05) is 0 Å². The van der Waals surface area contributed by atoms with E-state index < -0.39 is 0 Å². The molecule has 2 rings (SSSR count). The van der Waals surface area contributed by atoms with Gasteiger partial charge >= 0.3 is 0 Å². The topological polar surface area (TPSA) is 46.1 Å². The molecule has 1 aliphatic heterocycles. The standard InChI is InChI=1S/C10H10ClN3O/c1-2-7-5-10(15)14(6-7)9-4-3-8(11)12-13-9/h2-4,7H,1,5-6H2. The van der Waals surface area contributed by atoms with Crippen LogP contribution in [-0.2, 0) is 4.79 Å². The third-order valence-corrected chi connectivity index (χ3v) is 2.58. The predicted octanol–water partition coefficient (Wildman–Crippen LogP) is 1.67. The number of amides is 1. The highest BCUT2D eigenvalue weighted by Gasteiger charge is 2.29. The normalized spacial score (nSPS) is 20.7. The second-order valence-electron chi connectivity index (χ2n) is 3.42. The summed E-state index contributed by atoms with van der Waals surface area (Å²) in [4.78, 5) is 13.2. The van der Waals surface area contributed by atoms with Gasteiger partial charge in [-0.3, -0.25) is 9.69 Å². The first-order valence-electron chi connectivity index (χ1n) is 4.63. The third kappa shape index (κ3) is 1.99. The van der Waals surface area contributed by atoms with Crippen LogP contribution in [0.3, 0.4) is 0 Å². The van der Waals surface area contributed by atoms with E-state index in [0.29, 0.717) is 23.9 Å². The summed E-state index contributed by atoms with van der Waals surface area (Å²) in [5, 5.41) is 7.90. The zero-order valence-electron chi connectivity index (χ0n) is 8.06. The van der Waals surface area contributed by atoms with Crippen LogP contribution in [0.25, 0.3) is 0 Å². The van der Waals surface area contributed by atoms with Crippen molar-refractivity contribution in [2.75, 3.05) is 11.4 Å². The lowest BCUT2D eigenvalue weighted by Crippen LogP contribution is -2.25. The molecule has 0 aliphatic carbocycles. The second kappa shape index (κ2) is 3.98. The molecule has 2 heterocycles. The number of hydrogen-bond acceptors (Lipinski definition) is 3. The Kier molecular flexibility index (Phi) is 2.68. The van der Waals surface area contributed by atoms with E-state index in [0.717, 1.165) is 0 Å². The first-order chi connectivity index (χ1) is 7.20. The maximum atomic E-state index is 11.6. The maximum Gasteiger partial charge on any atom is 0.228 e. The quantitative estimate of drug-likeness (QED) is 0.717. The lowest BCUT2D eigenvalue weighted by molar-refractivity contribution is -0.117. The molecule has 1 unspecified atom stereocenters. The summed E-state index contributed by atoms with van der Waals surface area (Å²) in [6.45, 7) is 4.31. The molecule has 0 radical (unpaired) electrons. The van der Waals surface area contributed by atoms with Crippen LogP contribution in [0.4, 0.5) is 5.82 Å². The molecule has 1 saturated heterocycles. The average Bonchev–Trinajstić information content (AvgIpc) is 2.61. The van der Waals surface area contributed by atoms with Gasteiger partial charge < -0.3 is 0 Å². The molecule has 0 spiro atoms. The van der Waals surface area contributed by atoms with Gasteiger partial charge in [-0.2, -0.15) is 0 Å². The lowest BCUT2D eigenvalue weighted by Gasteiger charge is -2.13. The van der Waals surface area contributed by atoms with Gasteiger partial charge in [0.15, 0.2) is 11.0 Å². The molecule has 1 fully saturated rings. The summed E-state index contributed by atoms with van der Waals surface area (Å²) < 4.78 is 0. The van der Waals surface area contributed by atoms with Crippen molar-refractivity contribution < 1.29 is 4.79 Å². The fourth-order valence-electron chi connectivity index (χ4n) is 1.57. The number of carbonyl (C=O) groups excluding carboxylic acids is 1. The summed E-state index contributed by atoms with van der Waals surface area (Å²) in [6, 6.07) is 3.32. The summed E-state index contributed by atoms with van der Waals surface area (Å²) in [6.07, 6.45) is 2.29. The number of rotatable bonds is 2. The van der Waals surface area contributed by atoms with Crippen molar-refractivity contribution in [3.63, 3.8) is 0 Å². The van der Waals surface area contributed by atoms with Crippen LogP contribution in [0, 0.1) is 5.92 Å². The molecule has 1 atom stereocenters. The zero-order chi connectivity index (χ0) is 10.8. The Bertz CT molecular complexity index is 390. The van der Waals surface area contributed by atoms with E-state index in [-0.39, 0.29) is 11.8 Å². The van der Waals surface area contributed by atoms with Crippen molar-refractivity contribution >= 4 is 23.3 Å². The molecule has 5 heteroatoms. The van der Waals surface area contributed by atoms with E-state index in [9.17, 15) is 4.79 Å². The van der Waals surface area contributed by atoms with E-state index in [4.69, 9.17) is 11.6 Å². The van der Waals surface area contributed by atoms with Crippen LogP contribution < -0.4 is 4.90 Å². The van der Waals surface area contributed by atoms with Gasteiger partial charge in [0.1, 0.15) is 0 Å². The van der Waals surface area contributed by atoms with Gasteiger partial charge in [-0.1, -0.05) is 17.7 Å². The SMILES string of the molecule is C=CC1CC(=O)N(c2ccc(Cl)nn2)C1. The van der Waals surface area contributed by atoms with Crippen molar-refractivity contribution in [1.29, 1.82) is 0 Å². The Hall–Kier alpha value is -1.42. The molecule has 1 aromatic rings. The Balaban J connectivity index is 2.21. The van der Waals surface area contributed by atoms with Crippen molar-refractivity contribution in [2.24, 2.45) is 5.92 Å². The molecule has 0 aromatic carbocycles. The molecule has 0 N–H and O–H groups in total. The van der Waals surface area contributed by atoms with Crippen LogP contribution in [0.1, 0.15) is 6.42 Å². The Labute approximate surface area is 92.6 Å². The maximum absolute atomic E-state index is 11.6. The second-order valence-corrected chi connectivity index (χ2v) is 3.81. The van der Waals surface area contributed by atoms with E-state index in [1.165, 1.54) is 0 Å². The highest BCUT2D eigenvalue weighted by molar-refractivity contribution is 6.29. The van der Waals surface area contributed by atoms with Crippen LogP contribution in [0.15, 0.2) is 24.8 Å². The minimum atomic E-state index is 0.0523. The largest absolute Gasteiger partial charge is 0.295 e. The molecular weight excluding hydrogens is 214 g/mol. The van der Waals surface area contributed by atoms with Gasteiger partial charge in [0, 0.05) is 18.9 Å². The monoisotopic (exact) mass is 223 g/mol. The average molecular weight is 224 g/mol. The molecule has 1 amide bonds. The smallest absolute Gasteiger partial charge is 0.228 e. The summed E-state index contributed by atoms with van der Waals surface area (Å²) in [7, 11) is 0. The van der Waals surface area contributed by atoms with Crippen molar-refractivity contribution in [1.82, 2.24) is 10.2 Å². The zero-order valence-corrected chi connectivity index (χ0v) is 8.81. The minimum absolute atomic E-state index is 0.0523. The van der Waals surface area contributed by atoms with Gasteiger partial charge in [0.2, 0.25) is 5.91 Å². The van der Waals surface area contributed by atoms with Crippen molar-refractivity contribution in [2.45, 2.75) is 6.42 Å². The number of nitrogens with zero attached hydrogens (tertiary/aromatic N) is 3. The molecule has 15 heavy (non-hydrogen) atoms. The summed E-state index contributed by atoms with van der Waals surface area (Å²) in [5.41, 5.74) is 0. The van der Waals surface area contributed by atoms with Crippen LogP contribution >= 0.6 is 11.6 Å². The number of halogens is 1. The minimum Gasteiger partial charge on any atom is -0.295 e. The van der Waals surface area contributed by atoms with Crippen molar-refractivity contribution in [3.05, 3.63) is 29.9 Å². The van der Waals surface area contributed by atoms with Crippen LogP contribution in [-0.4, -0.2) is 22.6 Å². The van der Waals surface area contributed by atoms with Gasteiger partial charge in [-0.15, -0.1) is 16.8 Å². The summed E-state index contributed by atoms with van der Waals surface area (Å²) in [5.74, 6) is 0.806. The molecular formula is C10H10ClN3O. The molecule has 0 saturated carbocycles.